The van der Waals surface area contributed by atoms with E-state index in [-0.39, 0.29) is 29.9 Å². The minimum absolute atomic E-state index is 0. The van der Waals surface area contributed by atoms with Crippen LogP contribution < -0.4 is 24.8 Å². The Kier molecular flexibility index (Phi) is 11.3. The molecule has 1 aromatic carbocycles. The van der Waals surface area contributed by atoms with E-state index in [1.54, 1.807) is 21.3 Å². The maximum absolute atomic E-state index is 5.40. The number of hydrogen-bond acceptors (Lipinski definition) is 7. The van der Waals surface area contributed by atoms with Gasteiger partial charge in [-0.2, -0.15) is 4.98 Å². The molecule has 1 aromatic heterocycles. The first-order chi connectivity index (χ1) is 14.0. The molecule has 1 heterocycles. The van der Waals surface area contributed by atoms with Crippen molar-refractivity contribution in [3.8, 4) is 17.2 Å². The zero-order chi connectivity index (χ0) is 21.2. The number of rotatable bonds is 10. The zero-order valence-electron chi connectivity index (χ0n) is 18.4. The first-order valence-corrected chi connectivity index (χ1v) is 9.65. The SMILES string of the molecule is CCNC(=NCc1cc(OC)c(OC)c(OC)c1)NCCc1nc(C(C)C)no1.I. The van der Waals surface area contributed by atoms with E-state index in [1.165, 1.54) is 0 Å². The first-order valence-electron chi connectivity index (χ1n) is 9.65. The van der Waals surface area contributed by atoms with Gasteiger partial charge in [0.15, 0.2) is 23.3 Å². The number of hydrogen-bond donors (Lipinski definition) is 2. The van der Waals surface area contributed by atoms with Crippen molar-refractivity contribution in [2.75, 3.05) is 34.4 Å². The Morgan fingerprint density at radius 1 is 1.10 bits per heavy atom. The van der Waals surface area contributed by atoms with Crippen LogP contribution in [-0.4, -0.2) is 50.5 Å². The number of aromatic nitrogens is 2. The highest BCUT2D eigenvalue weighted by molar-refractivity contribution is 14.0. The topological polar surface area (TPSA) is 103 Å². The molecular formula is C20H32IN5O4. The lowest BCUT2D eigenvalue weighted by Gasteiger charge is -2.14. The molecule has 2 aromatic rings. The quantitative estimate of drug-likeness (QED) is 0.273. The predicted octanol–water partition coefficient (Wildman–Crippen LogP) is 3.13. The number of ether oxygens (including phenoxy) is 3. The van der Waals surface area contributed by atoms with Gasteiger partial charge in [0.05, 0.1) is 27.9 Å². The summed E-state index contributed by atoms with van der Waals surface area (Å²) < 4.78 is 21.4. The van der Waals surface area contributed by atoms with Crippen LogP contribution in [0.1, 0.15) is 44.0 Å². The molecule has 0 atom stereocenters. The van der Waals surface area contributed by atoms with E-state index in [0.717, 1.165) is 17.9 Å². The zero-order valence-corrected chi connectivity index (χ0v) is 20.8. The van der Waals surface area contributed by atoms with E-state index in [9.17, 15) is 0 Å². The molecule has 2 rings (SSSR count). The molecule has 0 fully saturated rings. The van der Waals surface area contributed by atoms with Crippen LogP contribution in [0.15, 0.2) is 21.6 Å². The van der Waals surface area contributed by atoms with Gasteiger partial charge in [-0.05, 0) is 24.6 Å². The summed E-state index contributed by atoms with van der Waals surface area (Å²) in [5, 5.41) is 10.5. The van der Waals surface area contributed by atoms with Crippen molar-refractivity contribution in [1.29, 1.82) is 0 Å². The van der Waals surface area contributed by atoms with E-state index in [4.69, 9.17) is 18.7 Å². The summed E-state index contributed by atoms with van der Waals surface area (Å²) in [4.78, 5) is 9.01. The summed E-state index contributed by atoms with van der Waals surface area (Å²) in [5.41, 5.74) is 0.940. The van der Waals surface area contributed by atoms with Crippen LogP contribution in [0.5, 0.6) is 17.2 Å². The van der Waals surface area contributed by atoms with Crippen molar-refractivity contribution in [2.24, 2.45) is 4.99 Å². The van der Waals surface area contributed by atoms with E-state index >= 15 is 0 Å². The summed E-state index contributed by atoms with van der Waals surface area (Å²) in [6, 6.07) is 3.78. The van der Waals surface area contributed by atoms with Crippen molar-refractivity contribution in [2.45, 2.75) is 39.7 Å². The molecular weight excluding hydrogens is 501 g/mol. The van der Waals surface area contributed by atoms with Crippen LogP contribution in [0.3, 0.4) is 0 Å². The number of guanidine groups is 1. The predicted molar refractivity (Wildman–Crippen MR) is 126 cm³/mol. The van der Waals surface area contributed by atoms with Gasteiger partial charge in [-0.3, -0.25) is 0 Å². The standard InChI is InChI=1S/C20H31N5O4.HI/c1-7-21-20(22-9-8-17-24-19(13(2)3)25-29-17)23-12-14-10-15(26-4)18(28-6)16(11-14)27-5;/h10-11,13H,7-9,12H2,1-6H3,(H2,21,22,23);1H. The van der Waals surface area contributed by atoms with Gasteiger partial charge >= 0.3 is 0 Å². The fraction of sp³-hybridized carbons (Fsp3) is 0.550. The number of methoxy groups -OCH3 is 3. The molecule has 0 bridgehead atoms. The third-order valence-electron chi connectivity index (χ3n) is 4.12. The molecule has 168 valence electrons. The molecule has 0 aliphatic heterocycles. The van der Waals surface area contributed by atoms with Gasteiger partial charge in [0.25, 0.3) is 0 Å². The summed E-state index contributed by atoms with van der Waals surface area (Å²) in [7, 11) is 4.77. The Bertz CT molecular complexity index is 785. The molecule has 2 N–H and O–H groups in total. The Morgan fingerprint density at radius 2 is 1.77 bits per heavy atom. The highest BCUT2D eigenvalue weighted by Crippen LogP contribution is 2.38. The second-order valence-electron chi connectivity index (χ2n) is 6.61. The number of nitrogens with one attached hydrogen (secondary N) is 2. The van der Waals surface area contributed by atoms with E-state index < -0.39 is 0 Å². The average molecular weight is 533 g/mol. The highest BCUT2D eigenvalue weighted by Gasteiger charge is 2.13. The molecule has 0 saturated carbocycles. The molecule has 0 aliphatic rings. The molecule has 0 aliphatic carbocycles. The van der Waals surface area contributed by atoms with Crippen LogP contribution in [-0.2, 0) is 13.0 Å². The molecule has 0 saturated heterocycles. The fourth-order valence-corrected chi connectivity index (χ4v) is 2.63. The lowest BCUT2D eigenvalue weighted by molar-refractivity contribution is 0.324. The number of benzene rings is 1. The van der Waals surface area contributed by atoms with Gasteiger partial charge in [0.2, 0.25) is 11.6 Å². The van der Waals surface area contributed by atoms with Crippen molar-refractivity contribution < 1.29 is 18.7 Å². The van der Waals surface area contributed by atoms with Crippen LogP contribution >= 0.6 is 24.0 Å². The minimum atomic E-state index is 0. The molecule has 0 unspecified atom stereocenters. The van der Waals surface area contributed by atoms with Crippen molar-refractivity contribution >= 4 is 29.9 Å². The second-order valence-corrected chi connectivity index (χ2v) is 6.61. The highest BCUT2D eigenvalue weighted by atomic mass is 127. The summed E-state index contributed by atoms with van der Waals surface area (Å²) in [5.74, 6) is 4.06. The number of nitrogens with zero attached hydrogens (tertiary/aromatic N) is 3. The smallest absolute Gasteiger partial charge is 0.228 e. The third kappa shape index (κ3) is 7.22. The fourth-order valence-electron chi connectivity index (χ4n) is 2.63. The maximum atomic E-state index is 5.40. The lowest BCUT2D eigenvalue weighted by atomic mass is 10.2. The largest absolute Gasteiger partial charge is 0.493 e. The number of aliphatic imine (C=N–C) groups is 1. The number of halogens is 1. The van der Waals surface area contributed by atoms with E-state index in [0.29, 0.717) is 48.6 Å². The Hall–Kier alpha value is -2.24. The van der Waals surface area contributed by atoms with Crippen LogP contribution in [0.2, 0.25) is 0 Å². The normalized spacial score (nSPS) is 11.1. The van der Waals surface area contributed by atoms with Gasteiger partial charge < -0.3 is 29.4 Å². The average Bonchev–Trinajstić information content (AvgIpc) is 3.20. The maximum Gasteiger partial charge on any atom is 0.228 e. The molecule has 9 nitrogen and oxygen atoms in total. The monoisotopic (exact) mass is 533 g/mol. The second kappa shape index (κ2) is 13.1. The lowest BCUT2D eigenvalue weighted by Crippen LogP contribution is -2.38. The third-order valence-corrected chi connectivity index (χ3v) is 4.12. The summed E-state index contributed by atoms with van der Waals surface area (Å²) in [6.45, 7) is 7.91. The van der Waals surface area contributed by atoms with Crippen molar-refractivity contribution in [3.05, 3.63) is 29.4 Å². The van der Waals surface area contributed by atoms with Crippen molar-refractivity contribution in [3.63, 3.8) is 0 Å². The van der Waals surface area contributed by atoms with Gasteiger partial charge in [-0.15, -0.1) is 24.0 Å². The van der Waals surface area contributed by atoms with Crippen molar-refractivity contribution in [1.82, 2.24) is 20.8 Å². The molecule has 0 spiro atoms. The van der Waals surface area contributed by atoms with Crippen LogP contribution in [0.25, 0.3) is 0 Å². The molecule has 0 radical (unpaired) electrons. The summed E-state index contributed by atoms with van der Waals surface area (Å²) >= 11 is 0. The molecule has 10 heteroatoms. The van der Waals surface area contributed by atoms with Gasteiger partial charge in [0.1, 0.15) is 0 Å². The van der Waals surface area contributed by atoms with Gasteiger partial charge in [-0.25, -0.2) is 4.99 Å². The molecule has 30 heavy (non-hydrogen) atoms. The Morgan fingerprint density at radius 3 is 2.27 bits per heavy atom. The minimum Gasteiger partial charge on any atom is -0.493 e. The van der Waals surface area contributed by atoms with Gasteiger partial charge in [-0.1, -0.05) is 19.0 Å². The van der Waals surface area contributed by atoms with Crippen LogP contribution in [0, 0.1) is 0 Å². The molecule has 0 amide bonds. The first kappa shape index (κ1) is 25.8. The van der Waals surface area contributed by atoms with E-state index in [1.807, 2.05) is 32.9 Å². The van der Waals surface area contributed by atoms with E-state index in [2.05, 4.69) is 25.8 Å². The van der Waals surface area contributed by atoms with Gasteiger partial charge in [0, 0.05) is 25.4 Å². The van der Waals surface area contributed by atoms with Crippen LogP contribution in [0.4, 0.5) is 0 Å². The Labute approximate surface area is 195 Å². The Balaban J connectivity index is 0.00000450. The summed E-state index contributed by atoms with van der Waals surface area (Å²) in [6.07, 6.45) is 0.619.